The highest BCUT2D eigenvalue weighted by atomic mass is 16.6. The lowest BCUT2D eigenvalue weighted by Gasteiger charge is -2.18. The molecule has 0 aliphatic carbocycles. The molecular weight excluding hydrogens is 490 g/mol. The number of esters is 4. The van der Waals surface area contributed by atoms with Crippen LogP contribution in [-0.2, 0) is 35.1 Å². The highest BCUT2D eigenvalue weighted by molar-refractivity contribution is 5.77. The molecule has 0 bridgehead atoms. The van der Waals surface area contributed by atoms with Crippen LogP contribution in [0.5, 0.6) is 11.5 Å². The van der Waals surface area contributed by atoms with Crippen LogP contribution in [0, 0.1) is 17.8 Å². The van der Waals surface area contributed by atoms with Gasteiger partial charge in [0.1, 0.15) is 18.8 Å². The molecule has 0 amide bonds. The van der Waals surface area contributed by atoms with Gasteiger partial charge in [0.25, 0.3) is 0 Å². The number of nitrogens with two attached hydrogens (primary N) is 1. The smallest absolute Gasteiger partial charge is 0.323 e. The van der Waals surface area contributed by atoms with Crippen molar-refractivity contribution in [3.8, 4) is 11.5 Å². The molecule has 38 heavy (non-hydrogen) atoms. The molecule has 0 radical (unpaired) electrons. The van der Waals surface area contributed by atoms with Crippen LogP contribution in [0.2, 0.25) is 0 Å². The van der Waals surface area contributed by atoms with Crippen LogP contribution in [0.3, 0.4) is 0 Å². The van der Waals surface area contributed by atoms with E-state index in [1.807, 2.05) is 41.5 Å². The van der Waals surface area contributed by atoms with Crippen molar-refractivity contribution >= 4 is 23.9 Å². The van der Waals surface area contributed by atoms with Gasteiger partial charge in [0.05, 0.1) is 0 Å². The summed E-state index contributed by atoms with van der Waals surface area (Å²) in [5, 5.41) is 0. The van der Waals surface area contributed by atoms with Crippen molar-refractivity contribution < 1.29 is 38.1 Å². The molecule has 0 aliphatic heterocycles. The van der Waals surface area contributed by atoms with E-state index in [0.717, 1.165) is 12.8 Å². The Morgan fingerprint density at radius 3 is 1.87 bits per heavy atom. The van der Waals surface area contributed by atoms with Crippen LogP contribution >= 0.6 is 0 Å². The minimum absolute atomic E-state index is 0.0585. The lowest BCUT2D eigenvalue weighted by atomic mass is 10.0. The molecule has 2 unspecified atom stereocenters. The third-order valence-electron chi connectivity index (χ3n) is 6.01. The normalized spacial score (nSPS) is 14.2. The average molecular weight is 536 g/mol. The molecule has 0 heterocycles. The number of carbonyl (C=O) groups is 4. The van der Waals surface area contributed by atoms with Crippen LogP contribution < -0.4 is 15.2 Å². The maximum absolute atomic E-state index is 12.5. The number of benzene rings is 1. The highest BCUT2D eigenvalue weighted by Crippen LogP contribution is 2.30. The lowest BCUT2D eigenvalue weighted by molar-refractivity contribution is -0.159. The molecule has 1 rings (SSSR count). The molecule has 214 valence electrons. The molecule has 4 atom stereocenters. The average Bonchev–Trinajstić information content (AvgIpc) is 2.83. The van der Waals surface area contributed by atoms with Gasteiger partial charge in [0.2, 0.25) is 0 Å². The minimum atomic E-state index is -1.01. The molecule has 0 spiro atoms. The predicted octanol–water partition coefficient (Wildman–Crippen LogP) is 4.76. The van der Waals surface area contributed by atoms with Crippen LogP contribution in [-0.4, -0.2) is 42.6 Å². The van der Waals surface area contributed by atoms with Crippen LogP contribution in [0.15, 0.2) is 18.2 Å². The van der Waals surface area contributed by atoms with Crippen molar-refractivity contribution in [2.75, 3.05) is 6.61 Å². The van der Waals surface area contributed by atoms with Gasteiger partial charge >= 0.3 is 23.9 Å². The monoisotopic (exact) mass is 535 g/mol. The molecule has 0 aliphatic rings. The van der Waals surface area contributed by atoms with Crippen molar-refractivity contribution in [1.82, 2.24) is 0 Å². The highest BCUT2D eigenvalue weighted by Gasteiger charge is 2.22. The van der Waals surface area contributed by atoms with Gasteiger partial charge < -0.3 is 24.7 Å². The maximum atomic E-state index is 12.5. The third-order valence-corrected chi connectivity index (χ3v) is 6.01. The Hall–Kier alpha value is -2.94. The maximum Gasteiger partial charge on any atom is 0.323 e. The second-order valence-electron chi connectivity index (χ2n) is 10.5. The fourth-order valence-electron chi connectivity index (χ4n) is 3.29. The summed E-state index contributed by atoms with van der Waals surface area (Å²) in [4.78, 5) is 49.1. The number of hydrogen-bond acceptors (Lipinski definition) is 9. The van der Waals surface area contributed by atoms with Crippen LogP contribution in [0.25, 0.3) is 0 Å². The van der Waals surface area contributed by atoms with E-state index >= 15 is 0 Å². The van der Waals surface area contributed by atoms with Crippen molar-refractivity contribution in [2.24, 2.45) is 23.5 Å². The summed E-state index contributed by atoms with van der Waals surface area (Å²) in [5.74, 6) is -1.19. The molecule has 0 fully saturated rings. The summed E-state index contributed by atoms with van der Waals surface area (Å²) < 4.78 is 21.5. The summed E-state index contributed by atoms with van der Waals surface area (Å²) in [5.41, 5.74) is 6.66. The summed E-state index contributed by atoms with van der Waals surface area (Å²) in [6, 6.07) is 3.73. The number of rotatable bonds is 16. The molecule has 1 aromatic carbocycles. The van der Waals surface area contributed by atoms with Gasteiger partial charge in [0, 0.05) is 19.3 Å². The van der Waals surface area contributed by atoms with E-state index in [0.29, 0.717) is 5.56 Å². The van der Waals surface area contributed by atoms with E-state index in [1.54, 1.807) is 19.1 Å². The number of carbonyl (C=O) groups excluding carboxylic acids is 4. The Bertz CT molecular complexity index is 929. The van der Waals surface area contributed by atoms with E-state index < -0.39 is 30.1 Å². The van der Waals surface area contributed by atoms with Gasteiger partial charge in [0.15, 0.2) is 11.5 Å². The SMILES string of the molecule is CCC(C)CC(=O)Oc1ccc(C[C@H](N)C(=O)O[C@@H](C)COC(=O)CC(C)C)cc1OC(=O)CC(C)CC. The predicted molar refractivity (Wildman–Crippen MR) is 144 cm³/mol. The zero-order valence-electron chi connectivity index (χ0n) is 23.9. The van der Waals surface area contributed by atoms with E-state index in [2.05, 4.69) is 0 Å². The van der Waals surface area contributed by atoms with Gasteiger partial charge in [-0.1, -0.05) is 60.5 Å². The third kappa shape index (κ3) is 13.0. The van der Waals surface area contributed by atoms with Gasteiger partial charge in [-0.15, -0.1) is 0 Å². The first-order valence-electron chi connectivity index (χ1n) is 13.5. The van der Waals surface area contributed by atoms with E-state index in [4.69, 9.17) is 24.7 Å². The second kappa shape index (κ2) is 16.8. The molecule has 2 N–H and O–H groups in total. The Kier molecular flexibility index (Phi) is 14.6. The van der Waals surface area contributed by atoms with Crippen molar-refractivity contribution in [3.63, 3.8) is 0 Å². The summed E-state index contributed by atoms with van der Waals surface area (Å²) in [7, 11) is 0. The molecule has 9 nitrogen and oxygen atoms in total. The molecule has 0 aromatic heterocycles. The van der Waals surface area contributed by atoms with Crippen molar-refractivity contribution in [1.29, 1.82) is 0 Å². The molecular formula is C29H45NO8. The van der Waals surface area contributed by atoms with E-state index in [1.165, 1.54) is 6.07 Å². The Labute approximate surface area is 226 Å². The zero-order valence-corrected chi connectivity index (χ0v) is 23.9. The molecule has 0 saturated carbocycles. The van der Waals surface area contributed by atoms with Gasteiger partial charge in [-0.2, -0.15) is 0 Å². The fourth-order valence-corrected chi connectivity index (χ4v) is 3.29. The minimum Gasteiger partial charge on any atom is -0.462 e. The summed E-state index contributed by atoms with van der Waals surface area (Å²) >= 11 is 0. The first-order valence-corrected chi connectivity index (χ1v) is 13.5. The fraction of sp³-hybridized carbons (Fsp3) is 0.655. The Morgan fingerprint density at radius 1 is 0.789 bits per heavy atom. The zero-order chi connectivity index (χ0) is 28.8. The second-order valence-corrected chi connectivity index (χ2v) is 10.5. The van der Waals surface area contributed by atoms with E-state index in [-0.39, 0.29) is 67.5 Å². The first kappa shape index (κ1) is 33.1. The van der Waals surface area contributed by atoms with Gasteiger partial charge in [-0.3, -0.25) is 19.2 Å². The van der Waals surface area contributed by atoms with E-state index in [9.17, 15) is 19.2 Å². The summed E-state index contributed by atoms with van der Waals surface area (Å²) in [6.07, 6.45) is 1.82. The number of ether oxygens (including phenoxy) is 4. The van der Waals surface area contributed by atoms with Crippen molar-refractivity contribution in [2.45, 2.75) is 99.1 Å². The molecule has 9 heteroatoms. The van der Waals surface area contributed by atoms with Crippen LogP contribution in [0.4, 0.5) is 0 Å². The first-order chi connectivity index (χ1) is 17.8. The number of hydrogen-bond donors (Lipinski definition) is 1. The van der Waals surface area contributed by atoms with Gasteiger partial charge in [-0.25, -0.2) is 0 Å². The Balaban J connectivity index is 2.90. The topological polar surface area (TPSA) is 131 Å². The lowest BCUT2D eigenvalue weighted by Crippen LogP contribution is -2.37. The van der Waals surface area contributed by atoms with Crippen LogP contribution in [0.1, 0.15) is 86.1 Å². The standard InChI is InChI=1S/C29H45NO8/c1-8-19(5)13-27(32)37-24-11-10-22(16-25(24)38-28(33)14-20(6)9-2)15-23(30)29(34)36-21(7)17-35-26(31)12-18(3)4/h10-11,16,18-21,23H,8-9,12-15,17,30H2,1-7H3/t19?,20?,21-,23-/m0/s1. The molecule has 1 aromatic rings. The summed E-state index contributed by atoms with van der Waals surface area (Å²) in [6.45, 7) is 13.2. The largest absolute Gasteiger partial charge is 0.462 e. The molecule has 0 saturated heterocycles. The Morgan fingerprint density at radius 2 is 1.34 bits per heavy atom. The van der Waals surface area contributed by atoms with Gasteiger partial charge in [-0.05, 0) is 48.8 Å². The van der Waals surface area contributed by atoms with Crippen molar-refractivity contribution in [3.05, 3.63) is 23.8 Å². The quantitative estimate of drug-likeness (QED) is 0.235.